The molecule has 0 bridgehead atoms. The van der Waals surface area contributed by atoms with Crippen molar-refractivity contribution in [3.8, 4) is 0 Å². The predicted octanol–water partition coefficient (Wildman–Crippen LogP) is -1.29. The molecule has 2 saturated heterocycles. The number of carboxylic acids is 1. The number of amides is 4. The van der Waals surface area contributed by atoms with Gasteiger partial charge in [0.25, 0.3) is 0 Å². The Hall–Kier alpha value is -2.69. The monoisotopic (exact) mass is 439 g/mol. The molecule has 174 valence electrons. The zero-order valence-electron chi connectivity index (χ0n) is 18.1. The van der Waals surface area contributed by atoms with Gasteiger partial charge in [0.1, 0.15) is 18.1 Å². The van der Waals surface area contributed by atoms with Crippen molar-refractivity contribution in [3.05, 3.63) is 0 Å². The van der Waals surface area contributed by atoms with Crippen LogP contribution in [-0.4, -0.2) is 76.9 Å². The number of nitrogens with zero attached hydrogens (tertiary/aromatic N) is 1. The summed E-state index contributed by atoms with van der Waals surface area (Å²) < 4.78 is 0. The van der Waals surface area contributed by atoms with Gasteiger partial charge in [-0.05, 0) is 38.1 Å². The van der Waals surface area contributed by atoms with Crippen LogP contribution in [0.4, 0.5) is 0 Å². The van der Waals surface area contributed by atoms with Crippen molar-refractivity contribution in [3.63, 3.8) is 0 Å². The number of primary amides is 1. The summed E-state index contributed by atoms with van der Waals surface area (Å²) in [6.07, 6.45) is 2.52. The lowest BCUT2D eigenvalue weighted by atomic mass is 9.96. The maximum absolute atomic E-state index is 13.1. The van der Waals surface area contributed by atoms with E-state index in [0.717, 1.165) is 6.42 Å². The summed E-state index contributed by atoms with van der Waals surface area (Å²) in [6, 6.07) is -3.57. The smallest absolute Gasteiger partial charge is 0.326 e. The van der Waals surface area contributed by atoms with E-state index in [0.29, 0.717) is 38.8 Å². The molecule has 31 heavy (non-hydrogen) atoms. The van der Waals surface area contributed by atoms with Crippen molar-refractivity contribution in [1.82, 2.24) is 20.9 Å². The molecule has 0 aromatic carbocycles. The van der Waals surface area contributed by atoms with Crippen molar-refractivity contribution in [2.45, 2.75) is 76.5 Å². The van der Waals surface area contributed by atoms with Crippen LogP contribution in [0.2, 0.25) is 0 Å². The SMILES string of the molecule is CCC(C)C(NC(=O)C(CC(N)=O)NC(=O)C1CCCN1)C(=O)N1CCCC1C(=O)O. The Kier molecular flexibility index (Phi) is 8.78. The summed E-state index contributed by atoms with van der Waals surface area (Å²) in [4.78, 5) is 62.8. The molecule has 0 saturated carbocycles. The van der Waals surface area contributed by atoms with Gasteiger partial charge in [-0.25, -0.2) is 4.79 Å². The fourth-order valence-corrected chi connectivity index (χ4v) is 3.99. The Morgan fingerprint density at radius 3 is 2.42 bits per heavy atom. The number of rotatable bonds is 10. The van der Waals surface area contributed by atoms with E-state index in [1.54, 1.807) is 6.92 Å². The van der Waals surface area contributed by atoms with Crippen LogP contribution in [0.1, 0.15) is 52.4 Å². The highest BCUT2D eigenvalue weighted by Crippen LogP contribution is 2.21. The van der Waals surface area contributed by atoms with Gasteiger partial charge in [-0.3, -0.25) is 19.2 Å². The van der Waals surface area contributed by atoms with Crippen LogP contribution in [0.3, 0.4) is 0 Å². The molecular weight excluding hydrogens is 406 g/mol. The second-order valence-electron chi connectivity index (χ2n) is 8.28. The summed E-state index contributed by atoms with van der Waals surface area (Å²) in [6.45, 7) is 4.62. The van der Waals surface area contributed by atoms with Gasteiger partial charge in [-0.2, -0.15) is 0 Å². The maximum atomic E-state index is 13.1. The second kappa shape index (κ2) is 11.1. The Morgan fingerprint density at radius 2 is 1.87 bits per heavy atom. The Balaban J connectivity index is 2.15. The Labute approximate surface area is 181 Å². The molecular formula is C20H33N5O6. The molecule has 0 aromatic heterocycles. The summed E-state index contributed by atoms with van der Waals surface area (Å²) in [5, 5.41) is 17.6. The van der Waals surface area contributed by atoms with Crippen LogP contribution >= 0.6 is 0 Å². The van der Waals surface area contributed by atoms with Crippen LogP contribution in [0.25, 0.3) is 0 Å². The molecule has 2 aliphatic heterocycles. The number of hydrogen-bond donors (Lipinski definition) is 5. The van der Waals surface area contributed by atoms with E-state index in [9.17, 15) is 29.1 Å². The minimum absolute atomic E-state index is 0.284. The van der Waals surface area contributed by atoms with Crippen LogP contribution in [-0.2, 0) is 24.0 Å². The molecule has 0 spiro atoms. The van der Waals surface area contributed by atoms with Gasteiger partial charge in [0.2, 0.25) is 23.6 Å². The highest BCUT2D eigenvalue weighted by molar-refractivity contribution is 5.96. The zero-order valence-corrected chi connectivity index (χ0v) is 18.1. The van der Waals surface area contributed by atoms with E-state index in [1.165, 1.54) is 4.90 Å². The fraction of sp³-hybridized carbons (Fsp3) is 0.750. The van der Waals surface area contributed by atoms with Crippen molar-refractivity contribution in [2.75, 3.05) is 13.1 Å². The van der Waals surface area contributed by atoms with E-state index >= 15 is 0 Å². The van der Waals surface area contributed by atoms with Gasteiger partial charge in [0, 0.05) is 6.54 Å². The summed E-state index contributed by atoms with van der Waals surface area (Å²) >= 11 is 0. The number of aliphatic carboxylic acids is 1. The summed E-state index contributed by atoms with van der Waals surface area (Å²) in [5.41, 5.74) is 5.26. The number of carboxylic acid groups (broad SMARTS) is 1. The van der Waals surface area contributed by atoms with Crippen LogP contribution in [0.15, 0.2) is 0 Å². The Bertz CT molecular complexity index is 708. The summed E-state index contributed by atoms with van der Waals surface area (Å²) in [7, 11) is 0. The highest BCUT2D eigenvalue weighted by atomic mass is 16.4. The van der Waals surface area contributed by atoms with Crippen LogP contribution < -0.4 is 21.7 Å². The lowest BCUT2D eigenvalue weighted by Gasteiger charge is -2.31. The minimum Gasteiger partial charge on any atom is -0.480 e. The fourth-order valence-electron chi connectivity index (χ4n) is 3.99. The molecule has 0 aliphatic carbocycles. The minimum atomic E-state index is -1.22. The molecule has 5 unspecified atom stereocenters. The number of carbonyl (C=O) groups is 5. The number of hydrogen-bond acceptors (Lipinski definition) is 6. The van der Waals surface area contributed by atoms with Gasteiger partial charge in [-0.1, -0.05) is 20.3 Å². The molecule has 0 radical (unpaired) electrons. The van der Waals surface area contributed by atoms with Crippen molar-refractivity contribution < 1.29 is 29.1 Å². The third-order valence-electron chi connectivity index (χ3n) is 6.01. The molecule has 2 aliphatic rings. The molecule has 11 heteroatoms. The largest absolute Gasteiger partial charge is 0.480 e. The maximum Gasteiger partial charge on any atom is 0.326 e. The van der Waals surface area contributed by atoms with E-state index in [2.05, 4.69) is 16.0 Å². The quantitative estimate of drug-likeness (QED) is 0.282. The first kappa shape index (κ1) is 24.6. The molecule has 4 amide bonds. The topological polar surface area (TPSA) is 171 Å². The summed E-state index contributed by atoms with van der Waals surface area (Å²) in [5.74, 6) is -3.72. The third-order valence-corrected chi connectivity index (χ3v) is 6.01. The molecule has 11 nitrogen and oxygen atoms in total. The van der Waals surface area contributed by atoms with Crippen molar-refractivity contribution >= 4 is 29.6 Å². The van der Waals surface area contributed by atoms with Gasteiger partial charge in [0.05, 0.1) is 12.5 Å². The Morgan fingerprint density at radius 1 is 1.16 bits per heavy atom. The van der Waals surface area contributed by atoms with Crippen LogP contribution in [0.5, 0.6) is 0 Å². The van der Waals surface area contributed by atoms with Gasteiger partial charge in [-0.15, -0.1) is 0 Å². The number of nitrogens with one attached hydrogen (secondary N) is 3. The molecule has 2 rings (SSSR count). The first-order chi connectivity index (χ1) is 14.6. The average Bonchev–Trinajstić information content (AvgIpc) is 3.41. The number of carbonyl (C=O) groups excluding carboxylic acids is 4. The first-order valence-corrected chi connectivity index (χ1v) is 10.8. The van der Waals surface area contributed by atoms with Gasteiger partial charge < -0.3 is 31.7 Å². The lowest BCUT2D eigenvalue weighted by Crippen LogP contribution is -2.59. The average molecular weight is 440 g/mol. The zero-order chi connectivity index (χ0) is 23.1. The molecule has 2 heterocycles. The van der Waals surface area contributed by atoms with Crippen LogP contribution in [0, 0.1) is 5.92 Å². The van der Waals surface area contributed by atoms with E-state index in [4.69, 9.17) is 5.73 Å². The lowest BCUT2D eigenvalue weighted by molar-refractivity contribution is -0.150. The van der Waals surface area contributed by atoms with E-state index in [1.807, 2.05) is 6.92 Å². The molecule has 6 N–H and O–H groups in total. The standard InChI is InChI=1S/C20H33N5O6/c1-3-11(2)16(19(29)25-9-5-7-14(25)20(30)31)24-18(28)13(10-15(21)26)23-17(27)12-6-4-8-22-12/h11-14,16,22H,3-10H2,1-2H3,(H2,21,26)(H,23,27)(H,24,28)(H,30,31). The molecule has 2 fully saturated rings. The normalized spacial score (nSPS) is 23.6. The highest BCUT2D eigenvalue weighted by Gasteiger charge is 2.40. The van der Waals surface area contributed by atoms with E-state index in [-0.39, 0.29) is 5.92 Å². The van der Waals surface area contributed by atoms with Gasteiger partial charge in [0.15, 0.2) is 0 Å². The van der Waals surface area contributed by atoms with Crippen molar-refractivity contribution in [2.24, 2.45) is 11.7 Å². The third kappa shape index (κ3) is 6.39. The van der Waals surface area contributed by atoms with E-state index < -0.39 is 60.2 Å². The number of likely N-dealkylation sites (tertiary alicyclic amines) is 1. The first-order valence-electron chi connectivity index (χ1n) is 10.8. The number of nitrogens with two attached hydrogens (primary N) is 1. The van der Waals surface area contributed by atoms with Gasteiger partial charge >= 0.3 is 5.97 Å². The molecule has 5 atom stereocenters. The predicted molar refractivity (Wildman–Crippen MR) is 111 cm³/mol. The second-order valence-corrected chi connectivity index (χ2v) is 8.28. The van der Waals surface area contributed by atoms with Crippen molar-refractivity contribution in [1.29, 1.82) is 0 Å². The molecule has 0 aromatic rings.